The smallest absolute Gasteiger partial charge is 0.319 e. The lowest BCUT2D eigenvalue weighted by Gasteiger charge is -2.32. The van der Waals surface area contributed by atoms with E-state index in [1.807, 2.05) is 11.8 Å². The molecule has 106 valence electrons. The lowest BCUT2D eigenvalue weighted by Crippen LogP contribution is -2.45. The van der Waals surface area contributed by atoms with E-state index in [2.05, 4.69) is 36.3 Å². The molecule has 1 N–H and O–H groups in total. The van der Waals surface area contributed by atoms with Crippen molar-refractivity contribution < 1.29 is 4.79 Å². The van der Waals surface area contributed by atoms with Crippen molar-refractivity contribution in [1.82, 2.24) is 15.1 Å². The number of hydrogen-bond donors (Lipinski definition) is 1. The van der Waals surface area contributed by atoms with Crippen molar-refractivity contribution in [2.75, 3.05) is 5.32 Å². The molecular weight excluding hydrogens is 260 g/mol. The zero-order valence-electron chi connectivity index (χ0n) is 12.0. The molecule has 0 aliphatic heterocycles. The number of nitrogens with one attached hydrogen (secondary N) is 1. The fraction of sp³-hybridized carbons (Fsp3) is 0.769. The molecule has 1 aromatic rings. The first-order chi connectivity index (χ1) is 9.02. The van der Waals surface area contributed by atoms with Gasteiger partial charge in [0.2, 0.25) is 5.13 Å². The van der Waals surface area contributed by atoms with Gasteiger partial charge in [-0.05, 0) is 32.6 Å². The summed E-state index contributed by atoms with van der Waals surface area (Å²) in [5.41, 5.74) is 0. The lowest BCUT2D eigenvalue weighted by molar-refractivity contribution is 0.164. The predicted molar refractivity (Wildman–Crippen MR) is 77.4 cm³/mol. The van der Waals surface area contributed by atoms with Crippen LogP contribution >= 0.6 is 11.3 Å². The first kappa shape index (κ1) is 14.2. The molecule has 1 aliphatic carbocycles. The van der Waals surface area contributed by atoms with Gasteiger partial charge in [0.1, 0.15) is 5.01 Å². The van der Waals surface area contributed by atoms with Crippen LogP contribution in [0.1, 0.15) is 45.0 Å². The third-order valence-corrected chi connectivity index (χ3v) is 4.58. The lowest BCUT2D eigenvalue weighted by atomic mass is 9.99. The molecular formula is C13H22N4OS. The van der Waals surface area contributed by atoms with E-state index in [-0.39, 0.29) is 12.1 Å². The van der Waals surface area contributed by atoms with E-state index >= 15 is 0 Å². The van der Waals surface area contributed by atoms with Crippen molar-refractivity contribution >= 4 is 22.5 Å². The van der Waals surface area contributed by atoms with Crippen LogP contribution < -0.4 is 5.32 Å². The highest BCUT2D eigenvalue weighted by atomic mass is 32.1. The van der Waals surface area contributed by atoms with Gasteiger partial charge in [0, 0.05) is 12.1 Å². The van der Waals surface area contributed by atoms with Crippen LogP contribution in [0.5, 0.6) is 0 Å². The number of carbonyl (C=O) groups is 1. The Balaban J connectivity index is 2.04. The first-order valence-electron chi connectivity index (χ1n) is 6.92. The molecule has 0 saturated heterocycles. The minimum absolute atomic E-state index is 0.0357. The van der Waals surface area contributed by atoms with E-state index in [0.29, 0.717) is 17.1 Å². The maximum Gasteiger partial charge on any atom is 0.324 e. The van der Waals surface area contributed by atoms with Crippen molar-refractivity contribution in [3.63, 3.8) is 0 Å². The van der Waals surface area contributed by atoms with Crippen LogP contribution in [0.4, 0.5) is 9.93 Å². The Morgan fingerprint density at radius 2 is 2.16 bits per heavy atom. The van der Waals surface area contributed by atoms with Gasteiger partial charge >= 0.3 is 6.03 Å². The van der Waals surface area contributed by atoms with Crippen molar-refractivity contribution in [1.29, 1.82) is 0 Å². The molecule has 0 bridgehead atoms. The van der Waals surface area contributed by atoms with E-state index in [1.54, 1.807) is 0 Å². The van der Waals surface area contributed by atoms with Gasteiger partial charge in [-0.2, -0.15) is 0 Å². The Morgan fingerprint density at radius 3 is 2.63 bits per heavy atom. The van der Waals surface area contributed by atoms with Gasteiger partial charge in [0.25, 0.3) is 0 Å². The second-order valence-electron chi connectivity index (χ2n) is 5.32. The summed E-state index contributed by atoms with van der Waals surface area (Å²) in [5.74, 6) is 0.502. The number of nitrogens with zero attached hydrogens (tertiary/aromatic N) is 3. The second kappa shape index (κ2) is 5.86. The zero-order valence-corrected chi connectivity index (χ0v) is 12.8. The fourth-order valence-corrected chi connectivity index (χ4v) is 2.74. The predicted octanol–water partition coefficient (Wildman–Crippen LogP) is 3.28. The monoisotopic (exact) mass is 282 g/mol. The van der Waals surface area contributed by atoms with E-state index < -0.39 is 0 Å². The van der Waals surface area contributed by atoms with Gasteiger partial charge in [-0.3, -0.25) is 5.32 Å². The van der Waals surface area contributed by atoms with Gasteiger partial charge in [0.15, 0.2) is 0 Å². The number of anilines is 1. The Kier molecular flexibility index (Phi) is 4.39. The normalized spacial score (nSPS) is 17.9. The summed E-state index contributed by atoms with van der Waals surface area (Å²) in [6, 6.07) is 0.621. The van der Waals surface area contributed by atoms with Crippen molar-refractivity contribution in [2.24, 2.45) is 5.92 Å². The molecule has 1 aliphatic rings. The van der Waals surface area contributed by atoms with Crippen LogP contribution in [0.2, 0.25) is 0 Å². The van der Waals surface area contributed by atoms with Gasteiger partial charge in [-0.25, -0.2) is 4.79 Å². The van der Waals surface area contributed by atoms with Crippen LogP contribution in [-0.2, 0) is 0 Å². The van der Waals surface area contributed by atoms with Crippen molar-refractivity contribution in [3.05, 3.63) is 5.01 Å². The van der Waals surface area contributed by atoms with E-state index in [1.165, 1.54) is 11.3 Å². The highest BCUT2D eigenvalue weighted by molar-refractivity contribution is 7.15. The summed E-state index contributed by atoms with van der Waals surface area (Å²) < 4.78 is 0. The molecule has 1 heterocycles. The number of aryl methyl sites for hydroxylation is 1. The summed E-state index contributed by atoms with van der Waals surface area (Å²) in [5, 5.41) is 12.2. The van der Waals surface area contributed by atoms with E-state index in [0.717, 1.165) is 24.3 Å². The average Bonchev–Trinajstić information content (AvgIpc) is 3.12. The Labute approximate surface area is 118 Å². The van der Waals surface area contributed by atoms with Gasteiger partial charge < -0.3 is 4.90 Å². The molecule has 6 heteroatoms. The first-order valence-corrected chi connectivity index (χ1v) is 7.74. The highest BCUT2D eigenvalue weighted by Crippen LogP contribution is 2.32. The van der Waals surface area contributed by atoms with Crippen LogP contribution in [0.25, 0.3) is 0 Å². The Bertz CT molecular complexity index is 444. The van der Waals surface area contributed by atoms with Crippen molar-refractivity contribution in [3.8, 4) is 0 Å². The van der Waals surface area contributed by atoms with Gasteiger partial charge in [0.05, 0.1) is 0 Å². The van der Waals surface area contributed by atoms with E-state index in [9.17, 15) is 4.79 Å². The molecule has 0 radical (unpaired) electrons. The Morgan fingerprint density at radius 1 is 1.47 bits per heavy atom. The molecule has 0 unspecified atom stereocenters. The number of urea groups is 1. The van der Waals surface area contributed by atoms with Crippen molar-refractivity contribution in [2.45, 2.75) is 59.0 Å². The highest BCUT2D eigenvalue weighted by Gasteiger charge is 2.37. The van der Waals surface area contributed by atoms with Crippen LogP contribution in [0.3, 0.4) is 0 Å². The van der Waals surface area contributed by atoms with Crippen LogP contribution in [-0.4, -0.2) is 33.2 Å². The number of rotatable bonds is 5. The van der Waals surface area contributed by atoms with E-state index in [4.69, 9.17) is 0 Å². The summed E-state index contributed by atoms with van der Waals surface area (Å²) in [7, 11) is 0. The maximum absolute atomic E-state index is 12.4. The minimum Gasteiger partial charge on any atom is -0.319 e. The zero-order chi connectivity index (χ0) is 14.0. The minimum atomic E-state index is -0.0357. The molecule has 0 spiro atoms. The molecule has 1 saturated carbocycles. The summed E-state index contributed by atoms with van der Waals surface area (Å²) in [6.45, 7) is 8.38. The topological polar surface area (TPSA) is 58.1 Å². The van der Waals surface area contributed by atoms with Gasteiger partial charge in [-0.15, -0.1) is 10.2 Å². The molecule has 2 atom stereocenters. The third kappa shape index (κ3) is 3.43. The van der Waals surface area contributed by atoms with Gasteiger partial charge in [-0.1, -0.05) is 31.6 Å². The molecule has 1 fully saturated rings. The summed E-state index contributed by atoms with van der Waals surface area (Å²) in [6.07, 6.45) is 3.31. The number of hydrogen-bond acceptors (Lipinski definition) is 4. The number of carbonyl (C=O) groups excluding carboxylic acids is 1. The fourth-order valence-electron chi connectivity index (χ4n) is 2.15. The van der Waals surface area contributed by atoms with Crippen LogP contribution in [0, 0.1) is 12.8 Å². The summed E-state index contributed by atoms with van der Waals surface area (Å²) in [4.78, 5) is 14.4. The number of aromatic nitrogens is 2. The standard InChI is InChI=1S/C13H22N4OS/c1-5-8(2)9(3)17(11-6-7-11)13(18)14-12-16-15-10(4)19-12/h8-9,11H,5-7H2,1-4H3,(H,14,16,18)/t8-,9+/m1/s1. The largest absolute Gasteiger partial charge is 0.324 e. The molecule has 2 rings (SSSR count). The number of amides is 2. The average molecular weight is 282 g/mol. The molecule has 1 aromatic heterocycles. The maximum atomic E-state index is 12.4. The third-order valence-electron chi connectivity index (χ3n) is 3.82. The quantitative estimate of drug-likeness (QED) is 0.901. The molecule has 2 amide bonds. The Hall–Kier alpha value is -1.17. The molecule has 19 heavy (non-hydrogen) atoms. The summed E-state index contributed by atoms with van der Waals surface area (Å²) >= 11 is 1.41. The second-order valence-corrected chi connectivity index (χ2v) is 6.50. The SMILES string of the molecule is CC[C@@H](C)[C@H](C)N(C(=O)Nc1nnc(C)s1)C1CC1. The van der Waals surface area contributed by atoms with Crippen LogP contribution in [0.15, 0.2) is 0 Å². The molecule has 5 nitrogen and oxygen atoms in total. The molecule has 0 aromatic carbocycles.